The van der Waals surface area contributed by atoms with Crippen molar-refractivity contribution in [2.75, 3.05) is 21.0 Å². The summed E-state index contributed by atoms with van der Waals surface area (Å²) in [4.78, 5) is 27.7. The number of ether oxygens (including phenoxy) is 3. The van der Waals surface area contributed by atoms with Gasteiger partial charge in [-0.1, -0.05) is 27.7 Å². The van der Waals surface area contributed by atoms with Crippen molar-refractivity contribution in [3.05, 3.63) is 23.8 Å². The van der Waals surface area contributed by atoms with Crippen LogP contribution in [0, 0.1) is 11.3 Å². The van der Waals surface area contributed by atoms with Gasteiger partial charge in [0.05, 0.1) is 0 Å². The summed E-state index contributed by atoms with van der Waals surface area (Å²) in [5, 5.41) is 10.1. The number of hydrogen-bond acceptors (Lipinski definition) is 8. The Labute approximate surface area is 169 Å². The molecule has 6 rings (SSSR count). The zero-order valence-corrected chi connectivity index (χ0v) is 17.1. The van der Waals surface area contributed by atoms with Gasteiger partial charge in [-0.25, -0.2) is 0 Å². The van der Waals surface area contributed by atoms with Crippen LogP contribution in [0.4, 0.5) is 0 Å². The molecular formula is C18H17N3O5S2. The lowest BCUT2D eigenvalue weighted by molar-refractivity contribution is -0.164. The Balaban J connectivity index is 1.72. The van der Waals surface area contributed by atoms with Crippen LogP contribution in [0.3, 0.4) is 0 Å². The van der Waals surface area contributed by atoms with Crippen LogP contribution in [-0.2, 0) is 14.3 Å². The third-order valence-corrected chi connectivity index (χ3v) is 9.79. The number of nitrogens with zero attached hydrogens (tertiary/aromatic N) is 3. The summed E-state index contributed by atoms with van der Waals surface area (Å²) >= 11 is 0. The molecule has 4 saturated heterocycles. The van der Waals surface area contributed by atoms with E-state index < -0.39 is 21.4 Å². The molecule has 0 unspecified atom stereocenters. The van der Waals surface area contributed by atoms with Crippen LogP contribution in [0.15, 0.2) is 18.2 Å². The second kappa shape index (κ2) is 5.49. The maximum Gasteiger partial charge on any atom is 0.261 e. The number of rotatable bonds is 2. The van der Waals surface area contributed by atoms with Gasteiger partial charge in [-0.3, -0.25) is 9.59 Å². The molecule has 8 nitrogen and oxygen atoms in total. The van der Waals surface area contributed by atoms with Crippen molar-refractivity contribution in [1.82, 2.24) is 9.80 Å². The lowest BCUT2D eigenvalue weighted by Crippen LogP contribution is -2.73. The first-order valence-electron chi connectivity index (χ1n) is 8.68. The fraction of sp³-hybridized carbons (Fsp3) is 0.500. The van der Waals surface area contributed by atoms with Crippen molar-refractivity contribution in [2.24, 2.45) is 0 Å². The van der Waals surface area contributed by atoms with Crippen LogP contribution < -0.4 is 9.47 Å². The van der Waals surface area contributed by atoms with E-state index in [2.05, 4.69) is 6.07 Å². The van der Waals surface area contributed by atoms with Crippen LogP contribution in [0.2, 0.25) is 0 Å². The molecule has 1 aromatic rings. The van der Waals surface area contributed by atoms with E-state index in [0.717, 1.165) is 0 Å². The molecule has 5 aliphatic rings. The third kappa shape index (κ3) is 1.87. The number of benzene rings is 1. The first-order chi connectivity index (χ1) is 13.3. The van der Waals surface area contributed by atoms with Crippen LogP contribution in [0.1, 0.15) is 24.9 Å². The van der Waals surface area contributed by atoms with E-state index >= 15 is 0 Å². The highest BCUT2D eigenvalue weighted by Gasteiger charge is 2.76. The molecule has 1 aromatic carbocycles. The summed E-state index contributed by atoms with van der Waals surface area (Å²) in [5.74, 6) is 0.775. The van der Waals surface area contributed by atoms with Gasteiger partial charge in [0.15, 0.2) is 26.8 Å². The third-order valence-electron chi connectivity index (χ3n) is 6.09. The summed E-state index contributed by atoms with van der Waals surface area (Å²) in [6, 6.07) is 6.84. The van der Waals surface area contributed by atoms with Gasteiger partial charge in [0.2, 0.25) is 6.79 Å². The smallest absolute Gasteiger partial charge is 0.261 e. The molecule has 146 valence electrons. The topological polar surface area (TPSA) is 92.1 Å². The Kier molecular flexibility index (Phi) is 3.53. The molecule has 2 bridgehead atoms. The van der Waals surface area contributed by atoms with E-state index in [1.165, 1.54) is 33.6 Å². The molecular weight excluding hydrogens is 402 g/mol. The Bertz CT molecular complexity index is 967. The Morgan fingerprint density at radius 3 is 2.71 bits per heavy atom. The lowest BCUT2D eigenvalue weighted by atomic mass is 9.89. The first-order valence-corrected chi connectivity index (χ1v) is 10.8. The predicted molar refractivity (Wildman–Crippen MR) is 101 cm³/mol. The number of nitriles is 1. The van der Waals surface area contributed by atoms with E-state index in [4.69, 9.17) is 14.2 Å². The van der Waals surface area contributed by atoms with Gasteiger partial charge >= 0.3 is 0 Å². The van der Waals surface area contributed by atoms with Gasteiger partial charge in [-0.2, -0.15) is 5.26 Å². The summed E-state index contributed by atoms with van der Waals surface area (Å²) in [6.45, 7) is 1.86. The molecule has 2 amide bonds. The second-order valence-corrected chi connectivity index (χ2v) is 10.2. The molecule has 1 spiro atoms. The minimum Gasteiger partial charge on any atom is -0.454 e. The summed E-state index contributed by atoms with van der Waals surface area (Å²) in [7, 11) is 5.80. The van der Waals surface area contributed by atoms with Crippen molar-refractivity contribution >= 4 is 33.4 Å². The molecule has 0 radical (unpaired) electrons. The van der Waals surface area contributed by atoms with Crippen LogP contribution in [0.5, 0.6) is 11.5 Å². The van der Waals surface area contributed by atoms with Crippen molar-refractivity contribution < 1.29 is 23.8 Å². The number of amides is 2. The second-order valence-electron chi connectivity index (χ2n) is 7.37. The van der Waals surface area contributed by atoms with Crippen molar-refractivity contribution in [3.63, 3.8) is 0 Å². The number of fused-ring (bicyclic) bond motifs is 3. The van der Waals surface area contributed by atoms with Gasteiger partial charge in [0, 0.05) is 20.6 Å². The number of hydrogen-bond donors (Lipinski definition) is 0. The van der Waals surface area contributed by atoms with Crippen LogP contribution in [-0.4, -0.2) is 57.9 Å². The van der Waals surface area contributed by atoms with Gasteiger partial charge in [0.1, 0.15) is 12.1 Å². The van der Waals surface area contributed by atoms with E-state index in [1.807, 2.05) is 0 Å². The summed E-state index contributed by atoms with van der Waals surface area (Å²) in [6.07, 6.45) is 0.0920. The molecule has 5 heterocycles. The monoisotopic (exact) mass is 419 g/mol. The highest BCUT2D eigenvalue weighted by atomic mass is 33.1. The van der Waals surface area contributed by atoms with Crippen molar-refractivity contribution in [3.8, 4) is 17.6 Å². The number of carbonyl (C=O) groups is 2. The molecule has 4 atom stereocenters. The highest BCUT2D eigenvalue weighted by molar-refractivity contribution is 8.78. The Morgan fingerprint density at radius 2 is 2.00 bits per heavy atom. The quantitative estimate of drug-likeness (QED) is 0.671. The Morgan fingerprint density at radius 1 is 1.25 bits per heavy atom. The van der Waals surface area contributed by atoms with E-state index in [9.17, 15) is 14.9 Å². The van der Waals surface area contributed by atoms with Crippen LogP contribution in [0.25, 0.3) is 0 Å². The predicted octanol–water partition coefficient (Wildman–Crippen LogP) is 1.88. The van der Waals surface area contributed by atoms with Gasteiger partial charge in [0.25, 0.3) is 11.8 Å². The zero-order chi connectivity index (χ0) is 19.9. The maximum absolute atomic E-state index is 13.6. The highest BCUT2D eigenvalue weighted by Crippen LogP contribution is 2.68. The van der Waals surface area contributed by atoms with Crippen LogP contribution >= 0.6 is 21.6 Å². The molecule has 4 fully saturated rings. The van der Waals surface area contributed by atoms with E-state index in [1.54, 1.807) is 37.1 Å². The van der Waals surface area contributed by atoms with Crippen molar-refractivity contribution in [2.45, 2.75) is 34.7 Å². The SMILES string of the molecule is CO[C@]1(C#N)C[C@@]23SS[C@](C)(C(=O)N2[C@H]1c1ccc2c(c1)OCO2)N(C)C3=O. The lowest BCUT2D eigenvalue weighted by Gasteiger charge is -2.57. The van der Waals surface area contributed by atoms with Crippen molar-refractivity contribution in [1.29, 1.82) is 5.26 Å². The van der Waals surface area contributed by atoms with E-state index in [0.29, 0.717) is 17.1 Å². The average molecular weight is 419 g/mol. The molecule has 5 aliphatic heterocycles. The molecule has 28 heavy (non-hydrogen) atoms. The average Bonchev–Trinajstić information content (AvgIpc) is 3.29. The Hall–Kier alpha value is -2.09. The number of piperazine rings is 1. The van der Waals surface area contributed by atoms with Gasteiger partial charge in [-0.15, -0.1) is 0 Å². The number of methoxy groups -OCH3 is 1. The number of likely N-dealkylation sites (N-methyl/N-ethyl adjacent to an activating group) is 1. The zero-order valence-electron chi connectivity index (χ0n) is 15.4. The first kappa shape index (κ1) is 18.0. The molecule has 10 heteroatoms. The largest absolute Gasteiger partial charge is 0.454 e. The normalized spacial score (nSPS) is 38.0. The van der Waals surface area contributed by atoms with Gasteiger partial charge < -0.3 is 24.0 Å². The summed E-state index contributed by atoms with van der Waals surface area (Å²) < 4.78 is 16.6. The molecule has 0 N–H and O–H groups in total. The molecule has 0 saturated carbocycles. The molecule has 0 aliphatic carbocycles. The maximum atomic E-state index is 13.6. The van der Waals surface area contributed by atoms with Gasteiger partial charge in [-0.05, 0) is 24.6 Å². The number of carbonyl (C=O) groups excluding carboxylic acids is 2. The van der Waals surface area contributed by atoms with E-state index in [-0.39, 0.29) is 25.0 Å². The standard InChI is InChI=1S/C18H17N3O5S2/c1-16-14(22)21-13(10-4-5-11-12(6-10)26-9-25-11)17(8-19,24-3)7-18(21,28-27-16)15(23)20(16)2/h4-6,13H,7,9H2,1-3H3/t13-,16+,17-,18-/m0/s1. The summed E-state index contributed by atoms with van der Waals surface area (Å²) in [5.41, 5.74) is -0.682. The minimum atomic E-state index is -1.36. The fourth-order valence-electron chi connectivity index (χ4n) is 4.42. The fourth-order valence-corrected chi connectivity index (χ4v) is 7.91. The minimum absolute atomic E-state index is 0.0920. The molecule has 0 aromatic heterocycles.